The summed E-state index contributed by atoms with van der Waals surface area (Å²) in [5.41, 5.74) is -2.41. The fourth-order valence-electron chi connectivity index (χ4n) is 7.13. The number of ether oxygens (including phenoxy) is 4. The van der Waals surface area contributed by atoms with Gasteiger partial charge < -0.3 is 24.1 Å². The third kappa shape index (κ3) is 2.43. The summed E-state index contributed by atoms with van der Waals surface area (Å²) in [7, 11) is 0. The van der Waals surface area contributed by atoms with Crippen molar-refractivity contribution in [3.05, 3.63) is 0 Å². The first-order valence-corrected chi connectivity index (χ1v) is 11.0. The second kappa shape index (κ2) is 6.42. The Morgan fingerprint density at radius 3 is 2.67 bits per heavy atom. The van der Waals surface area contributed by atoms with E-state index in [-0.39, 0.29) is 29.8 Å². The molecule has 166 valence electrons. The largest absolute Gasteiger partial charge is 0.465 e. The summed E-state index contributed by atoms with van der Waals surface area (Å²) in [6, 6.07) is 0. The maximum Gasteiger partial charge on any atom is 0.319 e. The fourth-order valence-corrected chi connectivity index (χ4v) is 7.13. The Bertz CT molecular complexity index is 790. The van der Waals surface area contributed by atoms with E-state index in [1.54, 1.807) is 0 Å². The molecule has 4 heterocycles. The first kappa shape index (κ1) is 20.2. The number of hydrogen-bond acceptors (Lipinski definition) is 8. The van der Waals surface area contributed by atoms with Crippen LogP contribution in [0.15, 0.2) is 0 Å². The quantitative estimate of drug-likeness (QED) is 0.411. The molecule has 0 aromatic heterocycles. The van der Waals surface area contributed by atoms with Crippen LogP contribution in [0.25, 0.3) is 0 Å². The van der Waals surface area contributed by atoms with Gasteiger partial charge in [0.15, 0.2) is 0 Å². The smallest absolute Gasteiger partial charge is 0.319 e. The number of esters is 3. The van der Waals surface area contributed by atoms with E-state index in [2.05, 4.69) is 6.92 Å². The monoisotopic (exact) mass is 422 g/mol. The molecule has 2 bridgehead atoms. The molecule has 6 rings (SSSR count). The van der Waals surface area contributed by atoms with Crippen molar-refractivity contribution in [1.82, 2.24) is 0 Å². The molecule has 2 spiro atoms. The molecule has 6 fully saturated rings. The average molecular weight is 422 g/mol. The maximum absolute atomic E-state index is 13.4. The van der Waals surface area contributed by atoms with Crippen molar-refractivity contribution >= 4 is 17.9 Å². The molecule has 6 aliphatic rings. The Hall–Kier alpha value is -1.67. The van der Waals surface area contributed by atoms with Gasteiger partial charge in [-0.15, -0.1) is 0 Å². The Kier molecular flexibility index (Phi) is 4.33. The van der Waals surface area contributed by atoms with Gasteiger partial charge in [-0.25, -0.2) is 0 Å². The molecule has 0 amide bonds. The van der Waals surface area contributed by atoms with Crippen LogP contribution in [-0.4, -0.2) is 60.1 Å². The molecule has 0 unspecified atom stereocenters. The number of carbonyl (C=O) groups is 3. The number of rotatable bonds is 4. The summed E-state index contributed by atoms with van der Waals surface area (Å²) in [5.74, 6) is -1.68. The van der Waals surface area contributed by atoms with E-state index in [1.807, 2.05) is 6.92 Å². The van der Waals surface area contributed by atoms with Crippen molar-refractivity contribution in [2.45, 2.75) is 76.8 Å². The van der Waals surface area contributed by atoms with Crippen molar-refractivity contribution in [2.24, 2.45) is 28.6 Å². The van der Waals surface area contributed by atoms with Crippen LogP contribution >= 0.6 is 0 Å². The summed E-state index contributed by atoms with van der Waals surface area (Å²) in [4.78, 5) is 37.4. The van der Waals surface area contributed by atoms with Crippen molar-refractivity contribution in [1.29, 1.82) is 0 Å². The number of aliphatic hydroxyl groups excluding tert-OH is 1. The van der Waals surface area contributed by atoms with Gasteiger partial charge in [0, 0.05) is 13.3 Å². The van der Waals surface area contributed by atoms with Gasteiger partial charge in [-0.05, 0) is 42.9 Å². The molecule has 2 aliphatic carbocycles. The van der Waals surface area contributed by atoms with Gasteiger partial charge in [0.05, 0.1) is 25.2 Å². The minimum Gasteiger partial charge on any atom is -0.465 e. The highest BCUT2D eigenvalue weighted by molar-refractivity contribution is 5.84. The standard InChI is InChI=1S/C22H30O8/c1-11-16(24)17(29-12(2)23)22-15(8-14(30-19(22)26)9-21(22)10-28-21)20(11,3)6-4-13-5-7-27-18(13)25/h11,13-17,24H,4-10H2,1-3H3/t11-,13+,14-,15-,16+,17+,20+,21+,22+/m1/s1. The summed E-state index contributed by atoms with van der Waals surface area (Å²) in [6.45, 7) is 6.20. The molecule has 0 radical (unpaired) electrons. The van der Waals surface area contributed by atoms with Crippen LogP contribution in [0, 0.1) is 28.6 Å². The van der Waals surface area contributed by atoms with Crippen molar-refractivity contribution in [3.8, 4) is 0 Å². The van der Waals surface area contributed by atoms with Crippen molar-refractivity contribution in [3.63, 3.8) is 0 Å². The zero-order valence-corrected chi connectivity index (χ0v) is 17.7. The Morgan fingerprint density at radius 2 is 2.07 bits per heavy atom. The molecule has 1 N–H and O–H groups in total. The second-order valence-corrected chi connectivity index (χ2v) is 10.2. The van der Waals surface area contributed by atoms with Crippen LogP contribution in [0.2, 0.25) is 0 Å². The minimum absolute atomic E-state index is 0.146. The third-order valence-electron chi connectivity index (χ3n) is 8.94. The van der Waals surface area contributed by atoms with Crippen LogP contribution in [0.4, 0.5) is 0 Å². The SMILES string of the molecule is CC(=O)O[C@H]1[C@@H](O)[C@@H](C)[C@](C)(CC[C@H]2CCOC2=O)[C@H]2C[C@@H]3C[C@]4(CO4)[C@@]21C(=O)O3. The lowest BCUT2D eigenvalue weighted by molar-refractivity contribution is -0.288. The van der Waals surface area contributed by atoms with Gasteiger partial charge >= 0.3 is 17.9 Å². The van der Waals surface area contributed by atoms with E-state index in [0.29, 0.717) is 45.3 Å². The van der Waals surface area contributed by atoms with Crippen molar-refractivity contribution < 1.29 is 38.4 Å². The Morgan fingerprint density at radius 1 is 1.33 bits per heavy atom. The minimum atomic E-state index is -1.22. The van der Waals surface area contributed by atoms with E-state index in [0.717, 1.165) is 0 Å². The first-order valence-electron chi connectivity index (χ1n) is 11.0. The van der Waals surface area contributed by atoms with E-state index < -0.39 is 40.6 Å². The predicted octanol–water partition coefficient (Wildman–Crippen LogP) is 1.37. The van der Waals surface area contributed by atoms with Crippen LogP contribution in [0.1, 0.15) is 52.9 Å². The van der Waals surface area contributed by atoms with Gasteiger partial charge in [-0.2, -0.15) is 0 Å². The maximum atomic E-state index is 13.4. The number of fused-ring (bicyclic) bond motifs is 1. The summed E-state index contributed by atoms with van der Waals surface area (Å²) < 4.78 is 22.4. The summed E-state index contributed by atoms with van der Waals surface area (Å²) in [6.07, 6.45) is 0.963. The highest BCUT2D eigenvalue weighted by Crippen LogP contribution is 2.72. The molecule has 30 heavy (non-hydrogen) atoms. The van der Waals surface area contributed by atoms with Gasteiger partial charge in [-0.3, -0.25) is 14.4 Å². The van der Waals surface area contributed by atoms with Crippen LogP contribution in [0.3, 0.4) is 0 Å². The summed E-state index contributed by atoms with van der Waals surface area (Å²) >= 11 is 0. The van der Waals surface area contributed by atoms with Crippen LogP contribution in [-0.2, 0) is 33.3 Å². The molecule has 0 aromatic carbocycles. The Labute approximate surface area is 175 Å². The number of carbonyl (C=O) groups excluding carboxylic acids is 3. The van der Waals surface area contributed by atoms with Gasteiger partial charge in [0.25, 0.3) is 0 Å². The topological polar surface area (TPSA) is 112 Å². The van der Waals surface area contributed by atoms with E-state index >= 15 is 0 Å². The third-order valence-corrected chi connectivity index (χ3v) is 8.94. The second-order valence-electron chi connectivity index (χ2n) is 10.2. The lowest BCUT2D eigenvalue weighted by Crippen LogP contribution is -2.77. The van der Waals surface area contributed by atoms with Gasteiger partial charge in [0.1, 0.15) is 23.2 Å². The van der Waals surface area contributed by atoms with Crippen LogP contribution < -0.4 is 0 Å². The zero-order valence-electron chi connectivity index (χ0n) is 17.7. The molecular formula is C22H30O8. The lowest BCUT2D eigenvalue weighted by atomic mass is 9.40. The van der Waals surface area contributed by atoms with Gasteiger partial charge in [0.2, 0.25) is 0 Å². The molecule has 8 nitrogen and oxygen atoms in total. The van der Waals surface area contributed by atoms with E-state index in [4.69, 9.17) is 18.9 Å². The number of hydrogen-bond donors (Lipinski definition) is 1. The molecule has 2 saturated carbocycles. The average Bonchev–Trinajstić information content (AvgIpc) is 3.32. The highest BCUT2D eigenvalue weighted by atomic mass is 16.6. The number of cyclic esters (lactones) is 1. The normalized spacial score (nSPS) is 51.3. The number of aliphatic hydroxyl groups is 1. The van der Waals surface area contributed by atoms with Crippen LogP contribution in [0.5, 0.6) is 0 Å². The van der Waals surface area contributed by atoms with E-state index in [1.165, 1.54) is 6.92 Å². The molecule has 4 saturated heterocycles. The van der Waals surface area contributed by atoms with Gasteiger partial charge in [-0.1, -0.05) is 13.8 Å². The summed E-state index contributed by atoms with van der Waals surface area (Å²) in [5, 5.41) is 11.4. The van der Waals surface area contributed by atoms with E-state index in [9.17, 15) is 19.5 Å². The predicted molar refractivity (Wildman–Crippen MR) is 101 cm³/mol. The zero-order chi connectivity index (χ0) is 21.5. The number of epoxide rings is 1. The lowest BCUT2D eigenvalue weighted by Gasteiger charge is -2.66. The Balaban J connectivity index is 1.57. The van der Waals surface area contributed by atoms with Crippen molar-refractivity contribution in [2.75, 3.05) is 13.2 Å². The molecule has 8 heteroatoms. The molecule has 4 aliphatic heterocycles. The molecular weight excluding hydrogens is 392 g/mol. The fraction of sp³-hybridized carbons (Fsp3) is 0.864. The highest BCUT2D eigenvalue weighted by Gasteiger charge is 2.84. The molecule has 9 atom stereocenters. The molecule has 0 aromatic rings. The first-order chi connectivity index (χ1) is 14.2.